The van der Waals surface area contributed by atoms with Gasteiger partial charge in [0.2, 0.25) is 5.91 Å². The van der Waals surface area contributed by atoms with E-state index in [2.05, 4.69) is 16.8 Å². The van der Waals surface area contributed by atoms with Crippen molar-refractivity contribution in [2.75, 3.05) is 39.3 Å². The molecule has 25 heavy (non-hydrogen) atoms. The zero-order valence-corrected chi connectivity index (χ0v) is 15.9. The molecule has 0 N–H and O–H groups in total. The number of aliphatic imine (C=N–C) groups is 1. The molecule has 2 saturated heterocycles. The maximum Gasteiger partial charge on any atom is 0.262 e. The largest absolute Gasteiger partial charge is 0.342 e. The Morgan fingerprint density at radius 1 is 1.28 bits per heavy atom. The first-order valence-corrected chi connectivity index (χ1v) is 10.2. The summed E-state index contributed by atoms with van der Waals surface area (Å²) >= 11 is 1.50. The van der Waals surface area contributed by atoms with Crippen molar-refractivity contribution in [3.63, 3.8) is 0 Å². The van der Waals surface area contributed by atoms with E-state index >= 15 is 0 Å². The molecule has 0 aromatic carbocycles. The van der Waals surface area contributed by atoms with E-state index in [4.69, 9.17) is 0 Å². The number of carbonyl (C=O) groups is 2. The van der Waals surface area contributed by atoms with Gasteiger partial charge in [0, 0.05) is 38.4 Å². The molecule has 136 valence electrons. The molecule has 2 amide bonds. The Balaban J connectivity index is 1.49. The molecule has 0 aromatic rings. The number of amides is 2. The van der Waals surface area contributed by atoms with Gasteiger partial charge in [-0.2, -0.15) is 0 Å². The molecule has 0 saturated carbocycles. The highest BCUT2D eigenvalue weighted by molar-refractivity contribution is 8.18. The highest BCUT2D eigenvalue weighted by atomic mass is 32.2. The summed E-state index contributed by atoms with van der Waals surface area (Å²) in [5, 5.41) is 0.956. The monoisotopic (exact) mass is 362 g/mol. The molecular formula is C18H26N4O2S. The summed E-state index contributed by atoms with van der Waals surface area (Å²) < 4.78 is 0. The number of likely N-dealkylation sites (tertiary alicyclic amines) is 2. The molecule has 4 aliphatic rings. The average Bonchev–Trinajstić information content (AvgIpc) is 3.29. The molecule has 0 radical (unpaired) electrons. The summed E-state index contributed by atoms with van der Waals surface area (Å²) in [7, 11) is 0. The van der Waals surface area contributed by atoms with Gasteiger partial charge in [-0.05, 0) is 44.4 Å². The third kappa shape index (κ3) is 2.67. The molecule has 0 aliphatic carbocycles. The van der Waals surface area contributed by atoms with Crippen molar-refractivity contribution in [3.8, 4) is 0 Å². The van der Waals surface area contributed by atoms with Gasteiger partial charge in [0.25, 0.3) is 5.91 Å². The number of thioether (sulfide) groups is 1. The number of hydrogen-bond acceptors (Lipinski definition) is 5. The van der Waals surface area contributed by atoms with Gasteiger partial charge in [-0.15, -0.1) is 0 Å². The molecule has 4 rings (SSSR count). The fraction of sp³-hybridized carbons (Fsp3) is 0.722. The molecule has 0 aromatic heterocycles. The van der Waals surface area contributed by atoms with E-state index in [1.165, 1.54) is 11.8 Å². The van der Waals surface area contributed by atoms with Crippen LogP contribution in [0, 0.1) is 5.41 Å². The second-order valence-corrected chi connectivity index (χ2v) is 8.46. The van der Waals surface area contributed by atoms with Crippen molar-refractivity contribution >= 4 is 28.7 Å². The fourth-order valence-electron chi connectivity index (χ4n) is 4.51. The number of hydrogen-bond donors (Lipinski definition) is 0. The van der Waals surface area contributed by atoms with Crippen molar-refractivity contribution < 1.29 is 9.59 Å². The molecule has 1 spiro atoms. The van der Waals surface area contributed by atoms with Crippen molar-refractivity contribution in [2.45, 2.75) is 39.5 Å². The lowest BCUT2D eigenvalue weighted by molar-refractivity contribution is -0.146. The molecule has 7 heteroatoms. The van der Waals surface area contributed by atoms with Crippen molar-refractivity contribution in [1.29, 1.82) is 0 Å². The van der Waals surface area contributed by atoms with E-state index in [0.29, 0.717) is 13.1 Å². The van der Waals surface area contributed by atoms with Crippen LogP contribution in [0.1, 0.15) is 39.5 Å². The van der Waals surface area contributed by atoms with E-state index < -0.39 is 0 Å². The standard InChI is InChI=1S/C18H26N4O2S/c1-3-8-20-9-4-5-18(16(20)24)6-10-21(12-18)15(23)14-13(2)22-11-7-19-17(22)25-14/h3-12H2,1-2H3/t18-/m0/s1. The molecule has 4 heterocycles. The van der Waals surface area contributed by atoms with Crippen LogP contribution in [0.2, 0.25) is 0 Å². The van der Waals surface area contributed by atoms with Crippen molar-refractivity contribution in [3.05, 3.63) is 10.6 Å². The van der Waals surface area contributed by atoms with E-state index in [0.717, 1.165) is 67.6 Å². The zero-order chi connectivity index (χ0) is 17.6. The van der Waals surface area contributed by atoms with E-state index in [9.17, 15) is 9.59 Å². The maximum atomic E-state index is 13.1. The van der Waals surface area contributed by atoms with Crippen LogP contribution in [0.4, 0.5) is 0 Å². The average molecular weight is 362 g/mol. The Morgan fingerprint density at radius 2 is 2.12 bits per heavy atom. The van der Waals surface area contributed by atoms with Crippen LogP contribution in [0.25, 0.3) is 0 Å². The van der Waals surface area contributed by atoms with Crippen LogP contribution in [0.5, 0.6) is 0 Å². The van der Waals surface area contributed by atoms with Gasteiger partial charge in [0.15, 0.2) is 5.17 Å². The molecule has 4 aliphatic heterocycles. The lowest BCUT2D eigenvalue weighted by atomic mass is 9.78. The van der Waals surface area contributed by atoms with E-state index in [-0.39, 0.29) is 17.2 Å². The Morgan fingerprint density at radius 3 is 2.88 bits per heavy atom. The Kier molecular flexibility index (Phi) is 4.30. The molecule has 0 bridgehead atoms. The molecule has 1 atom stereocenters. The number of allylic oxidation sites excluding steroid dienone is 1. The first kappa shape index (κ1) is 16.9. The van der Waals surface area contributed by atoms with Crippen LogP contribution in [0.3, 0.4) is 0 Å². The topological polar surface area (TPSA) is 56.2 Å². The third-order valence-electron chi connectivity index (χ3n) is 5.88. The quantitative estimate of drug-likeness (QED) is 0.769. The van der Waals surface area contributed by atoms with Gasteiger partial charge in [-0.3, -0.25) is 14.6 Å². The summed E-state index contributed by atoms with van der Waals surface area (Å²) in [6.07, 6.45) is 3.76. The SMILES string of the molecule is CCCN1CCC[C@@]2(CCN(C(=O)C3=C(C)N4CCN=C4S3)C2)C1=O. The Hall–Kier alpha value is -1.50. The van der Waals surface area contributed by atoms with Crippen LogP contribution >= 0.6 is 11.8 Å². The van der Waals surface area contributed by atoms with Crippen molar-refractivity contribution in [2.24, 2.45) is 10.4 Å². The number of rotatable bonds is 3. The predicted octanol–water partition coefficient (Wildman–Crippen LogP) is 1.89. The van der Waals surface area contributed by atoms with Gasteiger partial charge in [-0.1, -0.05) is 6.92 Å². The molecule has 2 fully saturated rings. The van der Waals surface area contributed by atoms with Gasteiger partial charge < -0.3 is 14.7 Å². The van der Waals surface area contributed by atoms with Gasteiger partial charge >= 0.3 is 0 Å². The zero-order valence-electron chi connectivity index (χ0n) is 15.1. The van der Waals surface area contributed by atoms with Gasteiger partial charge in [-0.25, -0.2) is 0 Å². The number of piperidine rings is 1. The number of carbonyl (C=O) groups excluding carboxylic acids is 2. The van der Waals surface area contributed by atoms with E-state index in [1.807, 2.05) is 16.7 Å². The number of nitrogens with zero attached hydrogens (tertiary/aromatic N) is 4. The Bertz CT molecular complexity index is 672. The minimum atomic E-state index is -0.339. The van der Waals surface area contributed by atoms with Crippen LogP contribution < -0.4 is 0 Å². The predicted molar refractivity (Wildman–Crippen MR) is 99.0 cm³/mol. The third-order valence-corrected chi connectivity index (χ3v) is 7.09. The van der Waals surface area contributed by atoms with Crippen LogP contribution in [-0.2, 0) is 9.59 Å². The maximum absolute atomic E-state index is 13.1. The minimum absolute atomic E-state index is 0.0805. The smallest absolute Gasteiger partial charge is 0.262 e. The summed E-state index contributed by atoms with van der Waals surface area (Å²) in [5.74, 6) is 0.350. The highest BCUT2D eigenvalue weighted by Gasteiger charge is 2.50. The van der Waals surface area contributed by atoms with E-state index in [1.54, 1.807) is 0 Å². The summed E-state index contributed by atoms with van der Waals surface area (Å²) in [6.45, 7) is 8.79. The summed E-state index contributed by atoms with van der Waals surface area (Å²) in [5.41, 5.74) is 0.684. The summed E-state index contributed by atoms with van der Waals surface area (Å²) in [6, 6.07) is 0. The second kappa shape index (κ2) is 6.34. The molecule has 6 nitrogen and oxygen atoms in total. The molecular weight excluding hydrogens is 336 g/mol. The minimum Gasteiger partial charge on any atom is -0.342 e. The normalized spacial score (nSPS) is 29.1. The van der Waals surface area contributed by atoms with Gasteiger partial charge in [0.1, 0.15) is 0 Å². The first-order chi connectivity index (χ1) is 12.1. The van der Waals surface area contributed by atoms with Crippen molar-refractivity contribution in [1.82, 2.24) is 14.7 Å². The fourth-order valence-corrected chi connectivity index (χ4v) is 5.67. The van der Waals surface area contributed by atoms with Gasteiger partial charge in [0.05, 0.1) is 16.9 Å². The number of amidine groups is 1. The number of fused-ring (bicyclic) bond motifs is 1. The molecule has 0 unspecified atom stereocenters. The lowest BCUT2D eigenvalue weighted by Crippen LogP contribution is -2.50. The second-order valence-electron chi connectivity index (χ2n) is 7.49. The summed E-state index contributed by atoms with van der Waals surface area (Å²) in [4.78, 5) is 37.4. The highest BCUT2D eigenvalue weighted by Crippen LogP contribution is 2.43. The first-order valence-electron chi connectivity index (χ1n) is 9.35. The van der Waals surface area contributed by atoms with Crippen LogP contribution in [0.15, 0.2) is 15.6 Å². The van der Waals surface area contributed by atoms with Crippen LogP contribution in [-0.4, -0.2) is 71.0 Å². The Labute approximate surface area is 153 Å². The lowest BCUT2D eigenvalue weighted by Gasteiger charge is -2.39.